The summed E-state index contributed by atoms with van der Waals surface area (Å²) >= 11 is 3.14. The normalized spacial score (nSPS) is 19.5. The van der Waals surface area contributed by atoms with E-state index in [2.05, 4.69) is 10.6 Å². The molecule has 1 aromatic heterocycles. The van der Waals surface area contributed by atoms with E-state index in [1.54, 1.807) is 11.8 Å². The van der Waals surface area contributed by atoms with Crippen LogP contribution in [0.2, 0.25) is 0 Å². The first-order valence-corrected chi connectivity index (χ1v) is 7.55. The number of hydrogen-bond donors (Lipinski definition) is 2. The van der Waals surface area contributed by atoms with Gasteiger partial charge in [0.1, 0.15) is 4.88 Å². The average Bonchev–Trinajstić information content (AvgIpc) is 2.78. The number of hydrogen-bond acceptors (Lipinski definition) is 4. The molecule has 0 spiro atoms. The molecule has 1 saturated heterocycles. The van der Waals surface area contributed by atoms with Crippen molar-refractivity contribution in [3.8, 4) is 0 Å². The van der Waals surface area contributed by atoms with Gasteiger partial charge in [-0.3, -0.25) is 4.79 Å². The molecule has 2 N–H and O–H groups in total. The molecule has 1 fully saturated rings. The Morgan fingerprint density at radius 3 is 3.12 bits per heavy atom. The van der Waals surface area contributed by atoms with Crippen molar-refractivity contribution in [1.29, 1.82) is 0 Å². The van der Waals surface area contributed by atoms with Crippen LogP contribution in [0.15, 0.2) is 16.3 Å². The van der Waals surface area contributed by atoms with E-state index in [9.17, 15) is 4.79 Å². The van der Waals surface area contributed by atoms with E-state index in [4.69, 9.17) is 0 Å². The predicted octanol–water partition coefficient (Wildman–Crippen LogP) is 2.37. The highest BCUT2D eigenvalue weighted by Gasteiger charge is 2.18. The molecule has 1 aliphatic rings. The number of amides is 1. The summed E-state index contributed by atoms with van der Waals surface area (Å²) in [6.45, 7) is 1.97. The van der Waals surface area contributed by atoms with Crippen molar-refractivity contribution in [1.82, 2.24) is 10.6 Å². The van der Waals surface area contributed by atoms with Crippen LogP contribution in [-0.2, 0) is 0 Å². The largest absolute Gasteiger partial charge is 0.347 e. The van der Waals surface area contributed by atoms with Gasteiger partial charge < -0.3 is 10.6 Å². The van der Waals surface area contributed by atoms with Crippen molar-refractivity contribution in [2.24, 2.45) is 0 Å². The summed E-state index contributed by atoms with van der Waals surface area (Å²) in [7, 11) is 0. The molecule has 1 aromatic rings. The molecular weight excluding hydrogens is 276 g/mol. The van der Waals surface area contributed by atoms with Crippen LogP contribution in [0.1, 0.15) is 22.5 Å². The fourth-order valence-electron chi connectivity index (χ4n) is 1.85. The maximum Gasteiger partial charge on any atom is 0.262 e. The third-order valence-corrected chi connectivity index (χ3v) is 4.51. The van der Waals surface area contributed by atoms with Crippen LogP contribution in [0.4, 0.5) is 0 Å². The zero-order valence-electron chi connectivity index (χ0n) is 9.69. The van der Waals surface area contributed by atoms with Crippen molar-refractivity contribution >= 4 is 41.4 Å². The zero-order valence-corrected chi connectivity index (χ0v) is 12.1. The van der Waals surface area contributed by atoms with Gasteiger partial charge >= 0.3 is 0 Å². The minimum absolute atomic E-state index is 0. The summed E-state index contributed by atoms with van der Waals surface area (Å²) in [5.41, 5.74) is 0. The Kier molecular flexibility index (Phi) is 6.33. The lowest BCUT2D eigenvalue weighted by molar-refractivity contribution is 0.0932. The fourth-order valence-corrected chi connectivity index (χ4v) is 3.50. The lowest BCUT2D eigenvalue weighted by atomic mass is 10.1. The Bertz CT molecular complexity index is 364. The molecule has 17 heavy (non-hydrogen) atoms. The average molecular weight is 293 g/mol. The van der Waals surface area contributed by atoms with E-state index >= 15 is 0 Å². The molecule has 0 radical (unpaired) electrons. The number of thiophene rings is 1. The fraction of sp³-hybridized carbons (Fsp3) is 0.545. The van der Waals surface area contributed by atoms with Crippen LogP contribution in [0.25, 0.3) is 0 Å². The van der Waals surface area contributed by atoms with Gasteiger partial charge in [0.25, 0.3) is 5.91 Å². The summed E-state index contributed by atoms with van der Waals surface area (Å²) in [6, 6.07) is 2.29. The Morgan fingerprint density at radius 2 is 2.47 bits per heavy atom. The van der Waals surface area contributed by atoms with Gasteiger partial charge in [-0.2, -0.15) is 0 Å². The number of piperidine rings is 1. The van der Waals surface area contributed by atoms with E-state index < -0.39 is 0 Å². The van der Waals surface area contributed by atoms with Crippen molar-refractivity contribution in [2.75, 3.05) is 19.3 Å². The Labute approximate surface area is 116 Å². The minimum atomic E-state index is 0. The smallest absolute Gasteiger partial charge is 0.262 e. The van der Waals surface area contributed by atoms with Gasteiger partial charge in [-0.05, 0) is 37.1 Å². The first-order valence-electron chi connectivity index (χ1n) is 5.44. The summed E-state index contributed by atoms with van der Waals surface area (Å²) in [5, 5.41) is 8.36. The number of carbonyl (C=O) groups excluding carboxylic acids is 1. The molecule has 2 rings (SSSR count). The van der Waals surface area contributed by atoms with Gasteiger partial charge in [-0.25, -0.2) is 0 Å². The second kappa shape index (κ2) is 7.26. The molecule has 1 unspecified atom stereocenters. The van der Waals surface area contributed by atoms with Gasteiger partial charge in [0.15, 0.2) is 0 Å². The summed E-state index contributed by atoms with van der Waals surface area (Å²) in [4.78, 5) is 13.9. The zero-order chi connectivity index (χ0) is 11.4. The van der Waals surface area contributed by atoms with Crippen LogP contribution in [-0.4, -0.2) is 31.3 Å². The van der Waals surface area contributed by atoms with Gasteiger partial charge in [-0.1, -0.05) is 0 Å². The summed E-state index contributed by atoms with van der Waals surface area (Å²) in [6.07, 6.45) is 4.23. The van der Waals surface area contributed by atoms with Crippen LogP contribution >= 0.6 is 35.5 Å². The monoisotopic (exact) mass is 292 g/mol. The molecule has 2 heterocycles. The van der Waals surface area contributed by atoms with Crippen LogP contribution in [0.3, 0.4) is 0 Å². The van der Waals surface area contributed by atoms with Crippen molar-refractivity contribution < 1.29 is 4.79 Å². The Morgan fingerprint density at radius 1 is 1.65 bits per heavy atom. The standard InChI is InChI=1S/C11H16N2OS2.ClH/c1-15-9-4-6-16-10(9)11(14)13-8-3-2-5-12-7-8;/h4,6,8,12H,2-3,5,7H2,1H3,(H,13,14);1H. The second-order valence-electron chi connectivity index (χ2n) is 3.83. The number of halogens is 1. The van der Waals surface area contributed by atoms with Crippen molar-refractivity contribution in [2.45, 2.75) is 23.8 Å². The van der Waals surface area contributed by atoms with Crippen LogP contribution < -0.4 is 10.6 Å². The maximum atomic E-state index is 12.0. The third kappa shape index (κ3) is 3.88. The van der Waals surface area contributed by atoms with Crippen LogP contribution in [0.5, 0.6) is 0 Å². The lowest BCUT2D eigenvalue weighted by Crippen LogP contribution is -2.45. The number of carbonyl (C=O) groups is 1. The van der Waals surface area contributed by atoms with E-state index in [-0.39, 0.29) is 24.4 Å². The summed E-state index contributed by atoms with van der Waals surface area (Å²) in [5.74, 6) is 0.0769. The van der Waals surface area contributed by atoms with Crippen LogP contribution in [0, 0.1) is 0 Å². The highest BCUT2D eigenvalue weighted by atomic mass is 35.5. The molecule has 1 amide bonds. The molecular formula is C11H17ClN2OS2. The number of thioether (sulfide) groups is 1. The third-order valence-electron chi connectivity index (χ3n) is 2.69. The molecule has 6 heteroatoms. The number of nitrogens with one attached hydrogen (secondary N) is 2. The van der Waals surface area contributed by atoms with Crippen molar-refractivity contribution in [3.63, 3.8) is 0 Å². The molecule has 96 valence electrons. The van der Waals surface area contributed by atoms with Gasteiger partial charge in [-0.15, -0.1) is 35.5 Å². The van der Waals surface area contributed by atoms with E-state index in [0.717, 1.165) is 35.7 Å². The van der Waals surface area contributed by atoms with E-state index in [1.165, 1.54) is 11.3 Å². The minimum Gasteiger partial charge on any atom is -0.347 e. The Balaban J connectivity index is 0.00000144. The quantitative estimate of drug-likeness (QED) is 0.841. The van der Waals surface area contributed by atoms with Gasteiger partial charge in [0, 0.05) is 17.5 Å². The van der Waals surface area contributed by atoms with Gasteiger partial charge in [0.2, 0.25) is 0 Å². The highest BCUT2D eigenvalue weighted by molar-refractivity contribution is 7.98. The molecule has 0 saturated carbocycles. The predicted molar refractivity (Wildman–Crippen MR) is 76.7 cm³/mol. The van der Waals surface area contributed by atoms with Gasteiger partial charge in [0.05, 0.1) is 0 Å². The molecule has 1 aliphatic heterocycles. The second-order valence-corrected chi connectivity index (χ2v) is 5.60. The first kappa shape index (κ1) is 14.8. The Hall–Kier alpha value is -0.230. The van der Waals surface area contributed by atoms with E-state index in [1.807, 2.05) is 17.7 Å². The first-order chi connectivity index (χ1) is 7.81. The topological polar surface area (TPSA) is 41.1 Å². The maximum absolute atomic E-state index is 12.0. The SMILES string of the molecule is CSc1ccsc1C(=O)NC1CCCNC1.Cl. The highest BCUT2D eigenvalue weighted by Crippen LogP contribution is 2.25. The van der Waals surface area contributed by atoms with E-state index in [0.29, 0.717) is 0 Å². The molecule has 0 aliphatic carbocycles. The van der Waals surface area contributed by atoms with Crippen molar-refractivity contribution in [3.05, 3.63) is 16.3 Å². The lowest BCUT2D eigenvalue weighted by Gasteiger charge is -2.23. The molecule has 1 atom stereocenters. The molecule has 3 nitrogen and oxygen atoms in total. The number of rotatable bonds is 3. The molecule has 0 aromatic carbocycles. The molecule has 0 bridgehead atoms. The summed E-state index contributed by atoms with van der Waals surface area (Å²) < 4.78 is 0.